The van der Waals surface area contributed by atoms with Crippen LogP contribution in [0.25, 0.3) is 11.4 Å². The van der Waals surface area contributed by atoms with Crippen molar-refractivity contribution < 1.29 is 19.1 Å². The maximum atomic E-state index is 12.6. The third kappa shape index (κ3) is 8.36. The zero-order chi connectivity index (χ0) is 28.4. The molecule has 3 heterocycles. The van der Waals surface area contributed by atoms with Gasteiger partial charge in [0.15, 0.2) is 0 Å². The van der Waals surface area contributed by atoms with E-state index in [-0.39, 0.29) is 11.7 Å². The molecule has 0 atom stereocenters. The summed E-state index contributed by atoms with van der Waals surface area (Å²) >= 11 is 0. The van der Waals surface area contributed by atoms with Gasteiger partial charge in [0.2, 0.25) is 0 Å². The van der Waals surface area contributed by atoms with Gasteiger partial charge in [0.05, 0.1) is 30.2 Å². The fourth-order valence-electron chi connectivity index (χ4n) is 4.88. The molecular weight excluding hydrogens is 516 g/mol. The van der Waals surface area contributed by atoms with Gasteiger partial charge in [0.25, 0.3) is 5.91 Å². The number of ether oxygens (including phenoxy) is 2. The van der Waals surface area contributed by atoms with Crippen LogP contribution in [0.4, 0.5) is 0 Å². The van der Waals surface area contributed by atoms with Gasteiger partial charge in [-0.25, -0.2) is 0 Å². The molecular formula is C33H36N4O4. The number of aromatic amines is 1. The summed E-state index contributed by atoms with van der Waals surface area (Å²) in [6.45, 7) is 7.07. The van der Waals surface area contributed by atoms with Crippen LogP contribution in [0.3, 0.4) is 0 Å². The van der Waals surface area contributed by atoms with Crippen molar-refractivity contribution in [2.45, 2.75) is 26.2 Å². The molecule has 1 aliphatic rings. The number of H-pyrrole nitrogens is 1. The second-order valence-electron chi connectivity index (χ2n) is 10.4. The van der Waals surface area contributed by atoms with Crippen molar-refractivity contribution >= 4 is 11.7 Å². The van der Waals surface area contributed by atoms with E-state index >= 15 is 0 Å². The molecule has 2 aromatic carbocycles. The fraction of sp³-hybridized carbons (Fsp3) is 0.303. The van der Waals surface area contributed by atoms with E-state index in [0.717, 1.165) is 61.7 Å². The van der Waals surface area contributed by atoms with Crippen LogP contribution in [-0.4, -0.2) is 66.0 Å². The lowest BCUT2D eigenvalue weighted by Gasteiger charge is -2.26. The number of nitrogens with one attached hydrogen (secondary N) is 2. The summed E-state index contributed by atoms with van der Waals surface area (Å²) in [7, 11) is 0. The van der Waals surface area contributed by atoms with Crippen molar-refractivity contribution in [2.24, 2.45) is 0 Å². The van der Waals surface area contributed by atoms with Crippen molar-refractivity contribution in [1.29, 1.82) is 0 Å². The zero-order valence-electron chi connectivity index (χ0n) is 23.4. The van der Waals surface area contributed by atoms with E-state index in [4.69, 9.17) is 9.47 Å². The van der Waals surface area contributed by atoms with E-state index in [9.17, 15) is 9.59 Å². The van der Waals surface area contributed by atoms with Gasteiger partial charge in [-0.2, -0.15) is 0 Å². The molecule has 1 amide bonds. The third-order valence-corrected chi connectivity index (χ3v) is 7.04. The summed E-state index contributed by atoms with van der Waals surface area (Å²) in [6, 6.07) is 21.0. The largest absolute Gasteiger partial charge is 0.457 e. The molecule has 41 heavy (non-hydrogen) atoms. The summed E-state index contributed by atoms with van der Waals surface area (Å²) in [6.07, 6.45) is 5.08. The number of Topliss-reactive ketones (excluding diaryl/α,β-unsaturated/α-hetero) is 1. The first-order chi connectivity index (χ1) is 20.0. The highest BCUT2D eigenvalue weighted by atomic mass is 16.5. The minimum atomic E-state index is -0.112. The Balaban J connectivity index is 1.11. The smallest absolute Gasteiger partial charge is 0.252 e. The van der Waals surface area contributed by atoms with Crippen molar-refractivity contribution in [2.75, 3.05) is 39.4 Å². The quantitative estimate of drug-likeness (QED) is 0.241. The predicted octanol–water partition coefficient (Wildman–Crippen LogP) is 4.98. The number of amides is 1. The van der Waals surface area contributed by atoms with Gasteiger partial charge in [-0.1, -0.05) is 42.0 Å². The molecule has 5 rings (SSSR count). The van der Waals surface area contributed by atoms with Crippen LogP contribution in [0.5, 0.6) is 11.5 Å². The normalized spacial score (nSPS) is 13.6. The van der Waals surface area contributed by atoms with Crippen LogP contribution in [0.15, 0.2) is 79.1 Å². The Morgan fingerprint density at radius 1 is 0.976 bits per heavy atom. The molecule has 0 aliphatic carbocycles. The van der Waals surface area contributed by atoms with Crippen molar-refractivity contribution in [3.8, 4) is 22.9 Å². The highest BCUT2D eigenvalue weighted by Crippen LogP contribution is 2.26. The Kier molecular flexibility index (Phi) is 9.57. The number of hydrogen-bond acceptors (Lipinski definition) is 6. The van der Waals surface area contributed by atoms with Crippen molar-refractivity contribution in [3.63, 3.8) is 0 Å². The summed E-state index contributed by atoms with van der Waals surface area (Å²) < 4.78 is 11.4. The van der Waals surface area contributed by atoms with E-state index < -0.39 is 0 Å². The fourth-order valence-corrected chi connectivity index (χ4v) is 4.88. The molecule has 0 radical (unpaired) electrons. The Labute approximate surface area is 240 Å². The second-order valence-corrected chi connectivity index (χ2v) is 10.4. The van der Waals surface area contributed by atoms with Crippen molar-refractivity contribution in [1.82, 2.24) is 20.2 Å². The Morgan fingerprint density at radius 2 is 1.78 bits per heavy atom. The standard InChI is InChI=1S/C33H36N4O4/c1-24-4-2-5-26(18-24)20-28(38)19-25-6-8-29(9-7-25)41-30-10-12-34-32(22-30)31-21-27(23-36-31)33(39)35-11-3-13-37-14-16-40-17-15-37/h2,4-10,12,18,21-23,36H,3,11,13-17,19-20H2,1H3,(H,35,39). The van der Waals surface area contributed by atoms with E-state index in [1.165, 1.54) is 0 Å². The monoisotopic (exact) mass is 552 g/mol. The number of pyridine rings is 1. The average Bonchev–Trinajstić information content (AvgIpc) is 3.48. The van der Waals surface area contributed by atoms with Gasteiger partial charge < -0.3 is 19.8 Å². The molecule has 1 fully saturated rings. The molecule has 0 spiro atoms. The number of aromatic nitrogens is 2. The van der Waals surface area contributed by atoms with Crippen LogP contribution in [0.2, 0.25) is 0 Å². The van der Waals surface area contributed by atoms with Crippen LogP contribution >= 0.6 is 0 Å². The van der Waals surface area contributed by atoms with E-state index in [1.807, 2.05) is 55.5 Å². The number of hydrogen-bond donors (Lipinski definition) is 2. The second kappa shape index (κ2) is 13.9. The number of ketones is 1. The summed E-state index contributed by atoms with van der Waals surface area (Å²) in [4.78, 5) is 35.1. The van der Waals surface area contributed by atoms with Crippen molar-refractivity contribution in [3.05, 3.63) is 101 Å². The summed E-state index contributed by atoms with van der Waals surface area (Å²) in [5.74, 6) is 1.36. The lowest BCUT2D eigenvalue weighted by atomic mass is 10.0. The molecule has 0 bridgehead atoms. The highest BCUT2D eigenvalue weighted by molar-refractivity contribution is 5.95. The number of benzene rings is 2. The molecule has 4 aromatic rings. The Hall–Kier alpha value is -4.27. The topological polar surface area (TPSA) is 96.5 Å². The Morgan fingerprint density at radius 3 is 2.59 bits per heavy atom. The molecule has 1 saturated heterocycles. The van der Waals surface area contributed by atoms with E-state index in [1.54, 1.807) is 24.5 Å². The molecule has 8 nitrogen and oxygen atoms in total. The number of carbonyl (C=O) groups excluding carboxylic acids is 2. The van der Waals surface area contributed by atoms with Gasteiger partial charge >= 0.3 is 0 Å². The van der Waals surface area contributed by atoms with Crippen LogP contribution in [0, 0.1) is 6.92 Å². The van der Waals surface area contributed by atoms with Gasteiger partial charge in [-0.15, -0.1) is 0 Å². The zero-order valence-corrected chi connectivity index (χ0v) is 23.4. The first-order valence-electron chi connectivity index (χ1n) is 14.1. The Bertz CT molecular complexity index is 1460. The number of carbonyl (C=O) groups is 2. The number of aryl methyl sites for hydroxylation is 1. The molecule has 2 N–H and O–H groups in total. The molecule has 0 unspecified atom stereocenters. The maximum Gasteiger partial charge on any atom is 0.252 e. The lowest BCUT2D eigenvalue weighted by Crippen LogP contribution is -2.38. The molecule has 8 heteroatoms. The van der Waals surface area contributed by atoms with Crippen LogP contribution < -0.4 is 10.1 Å². The van der Waals surface area contributed by atoms with Gasteiger partial charge in [-0.05, 0) is 55.3 Å². The molecule has 1 aliphatic heterocycles. The van der Waals surface area contributed by atoms with Crippen LogP contribution in [0.1, 0.15) is 33.5 Å². The number of rotatable bonds is 12. The third-order valence-electron chi connectivity index (χ3n) is 7.04. The number of nitrogens with zero attached hydrogens (tertiary/aromatic N) is 2. The van der Waals surface area contributed by atoms with E-state index in [2.05, 4.69) is 26.3 Å². The first-order valence-corrected chi connectivity index (χ1v) is 14.1. The first kappa shape index (κ1) is 28.3. The minimum Gasteiger partial charge on any atom is -0.457 e. The molecule has 212 valence electrons. The van der Waals surface area contributed by atoms with E-state index in [0.29, 0.717) is 42.1 Å². The lowest BCUT2D eigenvalue weighted by molar-refractivity contribution is -0.117. The molecule has 0 saturated carbocycles. The summed E-state index contributed by atoms with van der Waals surface area (Å²) in [5, 5.41) is 2.99. The minimum absolute atomic E-state index is 0.112. The van der Waals surface area contributed by atoms with Gasteiger partial charge in [-0.3, -0.25) is 19.5 Å². The number of morpholine rings is 1. The summed E-state index contributed by atoms with van der Waals surface area (Å²) in [5.41, 5.74) is 5.11. The predicted molar refractivity (Wildman–Crippen MR) is 158 cm³/mol. The van der Waals surface area contributed by atoms with Gasteiger partial charge in [0.1, 0.15) is 17.3 Å². The average molecular weight is 553 g/mol. The van der Waals surface area contributed by atoms with Crippen LogP contribution in [-0.2, 0) is 22.4 Å². The van der Waals surface area contributed by atoms with Gasteiger partial charge in [0, 0.05) is 50.9 Å². The SMILES string of the molecule is Cc1cccc(CC(=O)Cc2ccc(Oc3ccnc(-c4cc(C(=O)NCCCN5CCOCC5)c[nH]4)c3)cc2)c1. The highest BCUT2D eigenvalue weighted by Gasteiger charge is 2.13. The molecule has 2 aromatic heterocycles. The maximum absolute atomic E-state index is 12.6.